The Balaban J connectivity index is 2.64. The third-order valence-electron chi connectivity index (χ3n) is 2.66. The Labute approximate surface area is 127 Å². The summed E-state index contributed by atoms with van der Waals surface area (Å²) in [6, 6.07) is 6.30. The van der Waals surface area contributed by atoms with Gasteiger partial charge in [0.15, 0.2) is 5.78 Å². The zero-order valence-corrected chi connectivity index (χ0v) is 12.2. The summed E-state index contributed by atoms with van der Waals surface area (Å²) in [6.45, 7) is 2.32. The van der Waals surface area contributed by atoms with E-state index in [0.29, 0.717) is 11.3 Å². The van der Waals surface area contributed by atoms with Crippen molar-refractivity contribution in [3.05, 3.63) is 41.5 Å². The smallest absolute Gasteiger partial charge is 0.322 e. The fraction of sp³-hybridized carbons (Fsp3) is 0.200. The second-order valence-electron chi connectivity index (χ2n) is 4.53. The molecule has 0 bridgehead atoms. The minimum Gasteiger partial charge on any atom is -0.480 e. The van der Waals surface area contributed by atoms with Crippen LogP contribution in [-0.2, 0) is 14.4 Å². The maximum atomic E-state index is 11.7. The van der Waals surface area contributed by atoms with Gasteiger partial charge in [-0.25, -0.2) is 0 Å². The molecule has 1 rings (SSSR count). The number of anilines is 1. The normalized spacial score (nSPS) is 10.7. The molecule has 0 aliphatic heterocycles. The molecule has 22 heavy (non-hydrogen) atoms. The first-order chi connectivity index (χ1) is 10.3. The zero-order chi connectivity index (χ0) is 16.7. The Hall–Kier alpha value is -2.96. The second-order valence-corrected chi connectivity index (χ2v) is 4.53. The molecular formula is C15H16N2O5. The zero-order valence-electron chi connectivity index (χ0n) is 12.2. The summed E-state index contributed by atoms with van der Waals surface area (Å²) in [5.74, 6) is -2.41. The number of hydrogen-bond donors (Lipinski definition) is 3. The molecule has 0 aromatic heterocycles. The van der Waals surface area contributed by atoms with Crippen LogP contribution in [0.25, 0.3) is 0 Å². The fourth-order valence-electron chi connectivity index (χ4n) is 1.52. The topological polar surface area (TPSA) is 113 Å². The van der Waals surface area contributed by atoms with Crippen molar-refractivity contribution >= 4 is 29.3 Å². The van der Waals surface area contributed by atoms with Gasteiger partial charge in [0, 0.05) is 22.9 Å². The van der Waals surface area contributed by atoms with Gasteiger partial charge in [-0.05, 0) is 38.1 Å². The first-order valence-corrected chi connectivity index (χ1v) is 6.40. The summed E-state index contributed by atoms with van der Waals surface area (Å²) >= 11 is 0. The number of carboxylic acid groups (broad SMARTS) is 1. The van der Waals surface area contributed by atoms with Gasteiger partial charge < -0.3 is 15.7 Å². The predicted molar refractivity (Wildman–Crippen MR) is 79.5 cm³/mol. The third kappa shape index (κ3) is 5.58. The Morgan fingerprint density at radius 1 is 1.09 bits per heavy atom. The molecule has 3 N–H and O–H groups in total. The summed E-state index contributed by atoms with van der Waals surface area (Å²) in [6.07, 6.45) is 1.07. The summed E-state index contributed by atoms with van der Waals surface area (Å²) in [5, 5.41) is 13.1. The van der Waals surface area contributed by atoms with Crippen LogP contribution in [0.15, 0.2) is 35.9 Å². The molecule has 1 aromatic carbocycles. The third-order valence-corrected chi connectivity index (χ3v) is 2.66. The first-order valence-electron chi connectivity index (χ1n) is 6.40. The van der Waals surface area contributed by atoms with Gasteiger partial charge in [-0.3, -0.25) is 19.2 Å². The van der Waals surface area contributed by atoms with Gasteiger partial charge in [-0.15, -0.1) is 0 Å². The second kappa shape index (κ2) is 7.72. The predicted octanol–water partition coefficient (Wildman–Crippen LogP) is 0.975. The SMILES string of the molecule is CC(=O)c1ccc(NC(=O)/C=C(/C)C(=O)NCC(=O)O)cc1. The molecular weight excluding hydrogens is 288 g/mol. The van der Waals surface area contributed by atoms with Crippen molar-refractivity contribution in [2.45, 2.75) is 13.8 Å². The van der Waals surface area contributed by atoms with E-state index in [0.717, 1.165) is 6.08 Å². The molecule has 0 fully saturated rings. The maximum Gasteiger partial charge on any atom is 0.322 e. The van der Waals surface area contributed by atoms with E-state index in [-0.39, 0.29) is 11.4 Å². The van der Waals surface area contributed by atoms with E-state index in [1.54, 1.807) is 24.3 Å². The lowest BCUT2D eigenvalue weighted by atomic mass is 10.1. The van der Waals surface area contributed by atoms with E-state index < -0.39 is 24.3 Å². The highest BCUT2D eigenvalue weighted by Crippen LogP contribution is 2.10. The van der Waals surface area contributed by atoms with Crippen LogP contribution in [0.4, 0.5) is 5.69 Å². The molecule has 0 saturated carbocycles. The summed E-state index contributed by atoms with van der Waals surface area (Å²) < 4.78 is 0. The molecule has 0 radical (unpaired) electrons. The van der Waals surface area contributed by atoms with Crippen molar-refractivity contribution in [3.63, 3.8) is 0 Å². The molecule has 0 unspecified atom stereocenters. The molecule has 0 aliphatic rings. The number of nitrogens with one attached hydrogen (secondary N) is 2. The Bertz CT molecular complexity index is 632. The first kappa shape index (κ1) is 17.1. The van der Waals surface area contributed by atoms with E-state index in [9.17, 15) is 19.2 Å². The van der Waals surface area contributed by atoms with E-state index in [2.05, 4.69) is 10.6 Å². The van der Waals surface area contributed by atoms with E-state index in [1.807, 2.05) is 0 Å². The lowest BCUT2D eigenvalue weighted by Crippen LogP contribution is -2.30. The molecule has 0 heterocycles. The summed E-state index contributed by atoms with van der Waals surface area (Å²) in [4.78, 5) is 44.7. The van der Waals surface area contributed by atoms with E-state index >= 15 is 0 Å². The van der Waals surface area contributed by atoms with Crippen LogP contribution in [0, 0.1) is 0 Å². The molecule has 7 nitrogen and oxygen atoms in total. The average Bonchev–Trinajstić information content (AvgIpc) is 2.44. The van der Waals surface area contributed by atoms with E-state index in [1.165, 1.54) is 13.8 Å². The lowest BCUT2D eigenvalue weighted by Gasteiger charge is -2.05. The number of benzene rings is 1. The van der Waals surface area contributed by atoms with Crippen LogP contribution in [0.3, 0.4) is 0 Å². The van der Waals surface area contributed by atoms with Crippen LogP contribution >= 0.6 is 0 Å². The maximum absolute atomic E-state index is 11.7. The number of carbonyl (C=O) groups is 4. The molecule has 2 amide bonds. The van der Waals surface area contributed by atoms with Crippen molar-refractivity contribution in [1.82, 2.24) is 5.32 Å². The van der Waals surface area contributed by atoms with Crippen LogP contribution < -0.4 is 10.6 Å². The van der Waals surface area contributed by atoms with Crippen LogP contribution in [-0.4, -0.2) is 35.2 Å². The van der Waals surface area contributed by atoms with E-state index in [4.69, 9.17) is 5.11 Å². The number of carboxylic acids is 1. The highest BCUT2D eigenvalue weighted by molar-refractivity contribution is 6.06. The lowest BCUT2D eigenvalue weighted by molar-refractivity contribution is -0.137. The molecule has 1 aromatic rings. The molecule has 7 heteroatoms. The monoisotopic (exact) mass is 304 g/mol. The molecule has 0 spiro atoms. The van der Waals surface area contributed by atoms with Gasteiger partial charge in [0.1, 0.15) is 6.54 Å². The molecule has 0 saturated heterocycles. The number of ketones is 1. The van der Waals surface area contributed by atoms with Crippen molar-refractivity contribution < 1.29 is 24.3 Å². The highest BCUT2D eigenvalue weighted by atomic mass is 16.4. The Morgan fingerprint density at radius 3 is 2.18 bits per heavy atom. The van der Waals surface area contributed by atoms with Crippen molar-refractivity contribution in [1.29, 1.82) is 0 Å². The van der Waals surface area contributed by atoms with Crippen molar-refractivity contribution in [2.75, 3.05) is 11.9 Å². The number of hydrogen-bond acceptors (Lipinski definition) is 4. The summed E-state index contributed by atoms with van der Waals surface area (Å²) in [5.41, 5.74) is 1.09. The van der Waals surface area contributed by atoms with Gasteiger partial charge in [0.25, 0.3) is 0 Å². The minimum absolute atomic E-state index is 0.0799. The standard InChI is InChI=1S/C15H16N2O5/c1-9(15(22)16-8-14(20)21)7-13(19)17-12-5-3-11(4-6-12)10(2)18/h3-7H,8H2,1-2H3,(H,16,22)(H,17,19)(H,20,21)/b9-7-. The van der Waals surface area contributed by atoms with Gasteiger partial charge in [0.05, 0.1) is 0 Å². The number of amides is 2. The number of carbonyl (C=O) groups excluding carboxylic acids is 3. The van der Waals surface area contributed by atoms with Gasteiger partial charge in [0.2, 0.25) is 11.8 Å². The van der Waals surface area contributed by atoms with Crippen molar-refractivity contribution in [3.8, 4) is 0 Å². The molecule has 0 aliphatic carbocycles. The number of Topliss-reactive ketones (excluding diaryl/α,β-unsaturated/α-hetero) is 1. The van der Waals surface area contributed by atoms with Crippen LogP contribution in [0.1, 0.15) is 24.2 Å². The average molecular weight is 304 g/mol. The van der Waals surface area contributed by atoms with Gasteiger partial charge in [-0.1, -0.05) is 0 Å². The Morgan fingerprint density at radius 2 is 1.68 bits per heavy atom. The molecule has 0 atom stereocenters. The van der Waals surface area contributed by atoms with Gasteiger partial charge >= 0.3 is 5.97 Å². The number of aliphatic carboxylic acids is 1. The quantitative estimate of drug-likeness (QED) is 0.535. The minimum atomic E-state index is -1.17. The van der Waals surface area contributed by atoms with Crippen LogP contribution in [0.5, 0.6) is 0 Å². The highest BCUT2D eigenvalue weighted by Gasteiger charge is 2.08. The van der Waals surface area contributed by atoms with Crippen LogP contribution in [0.2, 0.25) is 0 Å². The Kier molecular flexibility index (Phi) is 6.00. The summed E-state index contributed by atoms with van der Waals surface area (Å²) in [7, 11) is 0. The van der Waals surface area contributed by atoms with Crippen molar-refractivity contribution in [2.24, 2.45) is 0 Å². The number of rotatable bonds is 6. The fourth-order valence-corrected chi connectivity index (χ4v) is 1.52. The largest absolute Gasteiger partial charge is 0.480 e. The molecule has 116 valence electrons. The van der Waals surface area contributed by atoms with Gasteiger partial charge in [-0.2, -0.15) is 0 Å².